The number of carbonyl (C=O) groups is 1. The van der Waals surface area contributed by atoms with E-state index in [0.717, 1.165) is 36.0 Å². The first-order valence-electron chi connectivity index (χ1n) is 18.7. The van der Waals surface area contributed by atoms with Crippen LogP contribution in [-0.2, 0) is 40.5 Å². The van der Waals surface area contributed by atoms with Gasteiger partial charge >= 0.3 is 0 Å². The molecule has 6 N–H and O–H groups in total. The Labute approximate surface area is 374 Å². The smallest absolute Gasteiger partial charge is 0.296 e. The van der Waals surface area contributed by atoms with Gasteiger partial charge in [0, 0.05) is 38.5 Å². The van der Waals surface area contributed by atoms with Crippen molar-refractivity contribution >= 4 is 119 Å². The van der Waals surface area contributed by atoms with Gasteiger partial charge in [-0.05, 0) is 96.6 Å². The number of azo groups is 2. The fourth-order valence-electron chi connectivity index (χ4n) is 6.79. The van der Waals surface area contributed by atoms with Crippen LogP contribution in [0.15, 0.2) is 179 Å². The largest absolute Gasteiger partial charge is 0.356 e. The Bertz CT molecular complexity index is 3790. The molecule has 0 heterocycles. The number of ketones is 1. The van der Waals surface area contributed by atoms with E-state index in [1.807, 2.05) is 18.2 Å². The Morgan fingerprint density at radius 3 is 1.62 bits per heavy atom. The minimum Gasteiger partial charge on any atom is -0.356 e. The van der Waals surface area contributed by atoms with Crippen molar-refractivity contribution in [3.63, 3.8) is 0 Å². The van der Waals surface area contributed by atoms with Crippen molar-refractivity contribution < 1.29 is 56.7 Å². The molecule has 0 radical (unpaired) electrons. The van der Waals surface area contributed by atoms with Gasteiger partial charge in [0.1, 0.15) is 15.5 Å². The number of nitrogens with zero attached hydrogens (tertiary/aromatic N) is 5. The van der Waals surface area contributed by atoms with E-state index in [4.69, 9.17) is 0 Å². The average Bonchev–Trinajstić information content (AvgIpc) is 3.26. The van der Waals surface area contributed by atoms with Crippen LogP contribution in [0.4, 0.5) is 39.8 Å². The average molecular weight is 968 g/mol. The summed E-state index contributed by atoms with van der Waals surface area (Å²) in [6.45, 7) is 0. The Kier molecular flexibility index (Phi) is 11.8. The Morgan fingerprint density at radius 1 is 0.455 bits per heavy atom. The van der Waals surface area contributed by atoms with Crippen molar-refractivity contribution in [1.29, 1.82) is 0 Å². The lowest BCUT2D eigenvalue weighted by Gasteiger charge is -2.18. The quantitative estimate of drug-likeness (QED) is 0.0377. The lowest BCUT2D eigenvalue weighted by atomic mass is 9.94. The predicted octanol–water partition coefficient (Wildman–Crippen LogP) is 9.20. The molecule has 7 aromatic rings. The van der Waals surface area contributed by atoms with E-state index in [2.05, 4.69) is 36.3 Å². The third kappa shape index (κ3) is 9.51. The first kappa shape index (κ1) is 45.2. The number of nitrogens with one attached hydrogen (secondary N) is 2. The summed E-state index contributed by atoms with van der Waals surface area (Å²) in [5, 5.41) is 25.0. The van der Waals surface area contributed by atoms with Gasteiger partial charge in [-0.2, -0.15) is 38.8 Å². The Morgan fingerprint density at radius 2 is 1.02 bits per heavy atom. The zero-order valence-corrected chi connectivity index (χ0v) is 36.4. The highest BCUT2D eigenvalue weighted by atomic mass is 32.2. The second-order valence-corrected chi connectivity index (χ2v) is 19.7. The number of allylic oxidation sites excluding steroid dienone is 1. The molecule has 0 amide bonds. The minimum absolute atomic E-state index is 0.0547. The van der Waals surface area contributed by atoms with Gasteiger partial charge in [-0.15, -0.1) is 20.5 Å². The maximum atomic E-state index is 13.8. The molecule has 0 bridgehead atoms. The SMILES string of the molecule is O=C1/C(=N/Nc2ccc(N=Nc3ccc(N=Nc4cc(S(=O)(=O)O)ccc4S(=O)(=O)O)c4ccccc34)c3cc(S(=O)(=O)O)ccc23)C(S(=O)(=O)O)=Cc2cc(Nc3ccccc3)ccc21. The third-order valence-corrected chi connectivity index (χ3v) is 13.3. The molecule has 24 heteroatoms. The van der Waals surface area contributed by atoms with Gasteiger partial charge < -0.3 is 5.32 Å². The molecule has 8 rings (SSSR count). The molecule has 0 unspecified atom stereocenters. The molecule has 1 aliphatic rings. The monoisotopic (exact) mass is 967 g/mol. The summed E-state index contributed by atoms with van der Waals surface area (Å²) < 4.78 is 137. The van der Waals surface area contributed by atoms with E-state index in [1.165, 1.54) is 42.5 Å². The highest BCUT2D eigenvalue weighted by Gasteiger charge is 2.33. The van der Waals surface area contributed by atoms with Crippen molar-refractivity contribution in [3.05, 3.63) is 149 Å². The number of para-hydroxylation sites is 1. The van der Waals surface area contributed by atoms with Gasteiger partial charge in [0.2, 0.25) is 5.78 Å². The van der Waals surface area contributed by atoms with Crippen molar-refractivity contribution in [1.82, 2.24) is 0 Å². The van der Waals surface area contributed by atoms with Crippen LogP contribution in [0, 0.1) is 0 Å². The van der Waals surface area contributed by atoms with E-state index in [-0.39, 0.29) is 44.6 Å². The van der Waals surface area contributed by atoms with Gasteiger partial charge in [-0.1, -0.05) is 48.5 Å². The molecule has 1 aliphatic carbocycles. The molecule has 66 heavy (non-hydrogen) atoms. The van der Waals surface area contributed by atoms with Crippen LogP contribution < -0.4 is 10.7 Å². The predicted molar refractivity (Wildman–Crippen MR) is 243 cm³/mol. The standard InChI is InChI=1S/C42H29N7O13S4/c50-42-29-13-10-26(43-25-6-2-1-3-7-25)20-24(29)21-40(66(60,61)62)41(42)49-47-36-17-18-37(33-22-27(63(51,52)53)11-14-32(33)36)46-44-34-15-16-35(31-9-5-4-8-30(31)34)45-48-38-23-28(64(54,55)56)12-19-39(38)65(57,58)59/h1-23,43,47H,(H,51,52,53)(H,54,55,56)(H,57,58,59)(H,60,61,62)/b46-44?,48-45?,49-41+. The molecule has 0 aromatic heterocycles. The molecule has 0 saturated carbocycles. The summed E-state index contributed by atoms with van der Waals surface area (Å²) in [6, 6.07) is 31.6. The molecule has 334 valence electrons. The van der Waals surface area contributed by atoms with E-state index >= 15 is 0 Å². The number of hydrogen-bond acceptors (Lipinski definition) is 16. The van der Waals surface area contributed by atoms with Crippen LogP contribution in [0.5, 0.6) is 0 Å². The van der Waals surface area contributed by atoms with Crippen LogP contribution in [0.25, 0.3) is 27.6 Å². The van der Waals surface area contributed by atoms with Crippen LogP contribution >= 0.6 is 0 Å². The lowest BCUT2D eigenvalue weighted by Crippen LogP contribution is -2.27. The maximum absolute atomic E-state index is 13.8. The van der Waals surface area contributed by atoms with Crippen molar-refractivity contribution in [2.24, 2.45) is 25.6 Å². The van der Waals surface area contributed by atoms with E-state index in [1.54, 1.807) is 42.5 Å². The number of anilines is 3. The maximum Gasteiger partial charge on any atom is 0.296 e. The topological polar surface area (TPSA) is 320 Å². The molecule has 0 saturated heterocycles. The Balaban J connectivity index is 1.15. The molecule has 0 aliphatic heterocycles. The number of Topliss-reactive ketones (excluding diaryl/α,β-unsaturated/α-hetero) is 1. The highest BCUT2D eigenvalue weighted by molar-refractivity contribution is 7.91. The fourth-order valence-corrected chi connectivity index (χ4v) is 9.06. The minimum atomic E-state index is -5.02. The summed E-state index contributed by atoms with van der Waals surface area (Å²) in [5.74, 6) is -0.837. The van der Waals surface area contributed by atoms with Crippen molar-refractivity contribution in [2.75, 3.05) is 10.7 Å². The normalized spacial score (nSPS) is 14.3. The van der Waals surface area contributed by atoms with Gasteiger partial charge in [0.05, 0.1) is 32.5 Å². The van der Waals surface area contributed by atoms with Crippen molar-refractivity contribution in [3.8, 4) is 0 Å². The van der Waals surface area contributed by atoms with Crippen LogP contribution in [-0.4, -0.2) is 63.4 Å². The van der Waals surface area contributed by atoms with Gasteiger partial charge in [0.25, 0.3) is 40.5 Å². The second-order valence-electron chi connectivity index (χ2n) is 14.1. The highest BCUT2D eigenvalue weighted by Crippen LogP contribution is 2.39. The van der Waals surface area contributed by atoms with Crippen LogP contribution in [0.1, 0.15) is 15.9 Å². The molecular formula is C42H29N7O13S4. The zero-order valence-electron chi connectivity index (χ0n) is 33.1. The second kappa shape index (κ2) is 17.2. The summed E-state index contributed by atoms with van der Waals surface area (Å²) >= 11 is 0. The number of hydrazone groups is 1. The molecule has 0 atom stereocenters. The summed E-state index contributed by atoms with van der Waals surface area (Å²) in [4.78, 5) is 11.0. The Hall–Kier alpha value is -7.42. The fraction of sp³-hybridized carbons (Fsp3) is 0. The molecule has 20 nitrogen and oxygen atoms in total. The van der Waals surface area contributed by atoms with E-state index in [0.29, 0.717) is 22.5 Å². The van der Waals surface area contributed by atoms with Crippen LogP contribution in [0.3, 0.4) is 0 Å². The van der Waals surface area contributed by atoms with Gasteiger partial charge in [0.15, 0.2) is 5.71 Å². The number of rotatable bonds is 12. The zero-order chi connectivity index (χ0) is 47.2. The number of hydrogen-bond donors (Lipinski definition) is 6. The van der Waals surface area contributed by atoms with E-state index < -0.39 is 77.2 Å². The number of benzene rings is 7. The van der Waals surface area contributed by atoms with E-state index in [9.17, 15) is 56.7 Å². The first-order chi connectivity index (χ1) is 31.1. The molecule has 7 aromatic carbocycles. The van der Waals surface area contributed by atoms with Crippen LogP contribution in [0.2, 0.25) is 0 Å². The third-order valence-electron chi connectivity index (χ3n) is 9.84. The van der Waals surface area contributed by atoms with Gasteiger partial charge in [-0.25, -0.2) is 0 Å². The molecular weight excluding hydrogens is 939 g/mol. The summed E-state index contributed by atoms with van der Waals surface area (Å²) in [6.07, 6.45) is 1.10. The van der Waals surface area contributed by atoms with Gasteiger partial charge in [-0.3, -0.25) is 28.4 Å². The summed E-state index contributed by atoms with van der Waals surface area (Å²) in [5.41, 5.74) is 3.44. The summed E-state index contributed by atoms with van der Waals surface area (Å²) in [7, 11) is -19.5. The van der Waals surface area contributed by atoms with Crippen molar-refractivity contribution in [2.45, 2.75) is 14.7 Å². The molecule has 0 fully saturated rings. The number of carbonyl (C=O) groups excluding carboxylic acids is 1. The molecule has 0 spiro atoms. The number of fused-ring (bicyclic) bond motifs is 3. The lowest BCUT2D eigenvalue weighted by molar-refractivity contribution is 0.106. The first-order valence-corrected chi connectivity index (χ1v) is 24.4.